The molecule has 1 saturated heterocycles. The van der Waals surface area contributed by atoms with E-state index in [9.17, 15) is 0 Å². The van der Waals surface area contributed by atoms with Gasteiger partial charge in [-0.15, -0.1) is 0 Å². The van der Waals surface area contributed by atoms with Crippen LogP contribution in [0.5, 0.6) is 0 Å². The lowest BCUT2D eigenvalue weighted by atomic mass is 9.78. The van der Waals surface area contributed by atoms with E-state index in [2.05, 4.69) is 11.0 Å². The molecule has 0 amide bonds. The summed E-state index contributed by atoms with van der Waals surface area (Å²) in [4.78, 5) is 2.41. The standard InChI is InChI=1S/C13H17ClN2/c14-11-4-3-10(7-12(11)15)16-8-13(9-16)5-1-2-6-13/h3-4,7H,1-2,5-6,8-9,15H2. The van der Waals surface area contributed by atoms with Crippen LogP contribution in [0.3, 0.4) is 0 Å². The average Bonchev–Trinajstić information content (AvgIpc) is 2.69. The van der Waals surface area contributed by atoms with Crippen molar-refractivity contribution in [3.05, 3.63) is 23.2 Å². The van der Waals surface area contributed by atoms with E-state index in [1.807, 2.05) is 12.1 Å². The Hall–Kier alpha value is -0.890. The topological polar surface area (TPSA) is 29.3 Å². The largest absolute Gasteiger partial charge is 0.397 e. The van der Waals surface area contributed by atoms with Crippen molar-refractivity contribution in [2.45, 2.75) is 25.7 Å². The van der Waals surface area contributed by atoms with Crippen molar-refractivity contribution in [3.8, 4) is 0 Å². The molecule has 0 unspecified atom stereocenters. The Morgan fingerprint density at radius 1 is 1.19 bits per heavy atom. The summed E-state index contributed by atoms with van der Waals surface area (Å²) in [7, 11) is 0. The van der Waals surface area contributed by atoms with Crippen LogP contribution in [0.1, 0.15) is 25.7 Å². The summed E-state index contributed by atoms with van der Waals surface area (Å²) >= 11 is 5.92. The smallest absolute Gasteiger partial charge is 0.0636 e. The first-order chi connectivity index (χ1) is 7.69. The second-order valence-electron chi connectivity index (χ2n) is 5.27. The molecule has 16 heavy (non-hydrogen) atoms. The highest BCUT2D eigenvalue weighted by Crippen LogP contribution is 2.47. The Morgan fingerprint density at radius 2 is 1.88 bits per heavy atom. The van der Waals surface area contributed by atoms with Crippen molar-refractivity contribution in [2.75, 3.05) is 23.7 Å². The Labute approximate surface area is 101 Å². The predicted molar refractivity (Wildman–Crippen MR) is 69.0 cm³/mol. The van der Waals surface area contributed by atoms with E-state index in [4.69, 9.17) is 17.3 Å². The molecule has 1 aromatic rings. The zero-order valence-corrected chi connectivity index (χ0v) is 10.1. The van der Waals surface area contributed by atoms with Gasteiger partial charge in [0.25, 0.3) is 0 Å². The maximum absolute atomic E-state index is 5.92. The summed E-state index contributed by atoms with van der Waals surface area (Å²) in [6.07, 6.45) is 5.65. The van der Waals surface area contributed by atoms with E-state index >= 15 is 0 Å². The first-order valence-electron chi connectivity index (χ1n) is 5.99. The third-order valence-corrected chi connectivity index (χ3v) is 4.41. The van der Waals surface area contributed by atoms with Crippen LogP contribution >= 0.6 is 11.6 Å². The van der Waals surface area contributed by atoms with Crippen LogP contribution in [0.25, 0.3) is 0 Å². The summed E-state index contributed by atoms with van der Waals surface area (Å²) in [5.41, 5.74) is 8.37. The van der Waals surface area contributed by atoms with E-state index in [1.54, 1.807) is 0 Å². The van der Waals surface area contributed by atoms with Crippen molar-refractivity contribution < 1.29 is 0 Å². The molecule has 0 radical (unpaired) electrons. The number of nitrogens with zero attached hydrogens (tertiary/aromatic N) is 1. The van der Waals surface area contributed by atoms with E-state index in [1.165, 1.54) is 44.5 Å². The van der Waals surface area contributed by atoms with Crippen molar-refractivity contribution in [2.24, 2.45) is 5.41 Å². The fraction of sp³-hybridized carbons (Fsp3) is 0.538. The molecule has 86 valence electrons. The predicted octanol–water partition coefficient (Wildman–Crippen LogP) is 3.30. The minimum absolute atomic E-state index is 0.633. The molecule has 3 heteroatoms. The molecular weight excluding hydrogens is 220 g/mol. The third kappa shape index (κ3) is 1.56. The van der Waals surface area contributed by atoms with Gasteiger partial charge in [0.15, 0.2) is 0 Å². The highest BCUT2D eigenvalue weighted by atomic mass is 35.5. The van der Waals surface area contributed by atoms with Gasteiger partial charge in [-0.2, -0.15) is 0 Å². The summed E-state index contributed by atoms with van der Waals surface area (Å²) in [6.45, 7) is 2.40. The third-order valence-electron chi connectivity index (χ3n) is 4.06. The van der Waals surface area contributed by atoms with E-state index in [0.29, 0.717) is 16.1 Å². The second-order valence-corrected chi connectivity index (χ2v) is 5.68. The second kappa shape index (κ2) is 3.56. The minimum atomic E-state index is 0.633. The zero-order chi connectivity index (χ0) is 11.2. The monoisotopic (exact) mass is 236 g/mol. The van der Waals surface area contributed by atoms with Gasteiger partial charge in [0.05, 0.1) is 10.7 Å². The van der Waals surface area contributed by atoms with E-state index < -0.39 is 0 Å². The number of anilines is 2. The summed E-state index contributed by atoms with van der Waals surface area (Å²) < 4.78 is 0. The molecule has 1 spiro atoms. The minimum Gasteiger partial charge on any atom is -0.397 e. The molecule has 1 saturated carbocycles. The molecule has 1 aliphatic heterocycles. The maximum atomic E-state index is 5.92. The van der Waals surface area contributed by atoms with Crippen LogP contribution in [-0.2, 0) is 0 Å². The molecule has 3 rings (SSSR count). The molecule has 2 fully saturated rings. The molecule has 1 heterocycles. The van der Waals surface area contributed by atoms with Gasteiger partial charge in [-0.1, -0.05) is 24.4 Å². The van der Waals surface area contributed by atoms with Gasteiger partial charge in [-0.25, -0.2) is 0 Å². The van der Waals surface area contributed by atoms with Gasteiger partial charge >= 0.3 is 0 Å². The van der Waals surface area contributed by atoms with Gasteiger partial charge < -0.3 is 10.6 Å². The maximum Gasteiger partial charge on any atom is 0.0636 e. The fourth-order valence-electron chi connectivity index (χ4n) is 3.12. The summed E-state index contributed by atoms with van der Waals surface area (Å²) in [5, 5.41) is 0.653. The van der Waals surface area contributed by atoms with Crippen LogP contribution in [-0.4, -0.2) is 13.1 Å². The average molecular weight is 237 g/mol. The number of rotatable bonds is 1. The molecule has 2 nitrogen and oxygen atoms in total. The Kier molecular flexibility index (Phi) is 2.28. The molecule has 1 aliphatic carbocycles. The van der Waals surface area contributed by atoms with Crippen LogP contribution < -0.4 is 10.6 Å². The molecule has 2 N–H and O–H groups in total. The van der Waals surface area contributed by atoms with Crippen molar-refractivity contribution in [1.29, 1.82) is 0 Å². The van der Waals surface area contributed by atoms with E-state index in [0.717, 1.165) is 0 Å². The number of hydrogen-bond donors (Lipinski definition) is 1. The van der Waals surface area contributed by atoms with E-state index in [-0.39, 0.29) is 0 Å². The van der Waals surface area contributed by atoms with Gasteiger partial charge in [0.1, 0.15) is 0 Å². The Morgan fingerprint density at radius 3 is 2.50 bits per heavy atom. The quantitative estimate of drug-likeness (QED) is 0.759. The number of nitrogen functional groups attached to an aromatic ring is 1. The highest BCUT2D eigenvalue weighted by molar-refractivity contribution is 6.33. The van der Waals surface area contributed by atoms with Crippen LogP contribution in [0.2, 0.25) is 5.02 Å². The first-order valence-corrected chi connectivity index (χ1v) is 6.36. The SMILES string of the molecule is Nc1cc(N2CC3(CCCC3)C2)ccc1Cl. The highest BCUT2D eigenvalue weighted by Gasteiger charge is 2.44. The van der Waals surface area contributed by atoms with Crippen LogP contribution in [0.15, 0.2) is 18.2 Å². The molecule has 2 aliphatic rings. The lowest BCUT2D eigenvalue weighted by Gasteiger charge is -2.49. The molecule has 0 aromatic heterocycles. The van der Waals surface area contributed by atoms with Crippen molar-refractivity contribution >= 4 is 23.0 Å². The van der Waals surface area contributed by atoms with Crippen LogP contribution in [0, 0.1) is 5.41 Å². The first kappa shape index (κ1) is 10.3. The molecular formula is C13H17ClN2. The van der Waals surface area contributed by atoms with Gasteiger partial charge in [-0.3, -0.25) is 0 Å². The zero-order valence-electron chi connectivity index (χ0n) is 9.38. The number of benzene rings is 1. The number of hydrogen-bond acceptors (Lipinski definition) is 2. The van der Waals surface area contributed by atoms with Gasteiger partial charge in [0.2, 0.25) is 0 Å². The normalized spacial score (nSPS) is 22.4. The Bertz CT molecular complexity index is 402. The summed E-state index contributed by atoms with van der Waals surface area (Å²) in [5.74, 6) is 0. The van der Waals surface area contributed by atoms with Crippen molar-refractivity contribution in [3.63, 3.8) is 0 Å². The fourth-order valence-corrected chi connectivity index (χ4v) is 3.23. The van der Waals surface area contributed by atoms with Gasteiger partial charge in [-0.05, 0) is 31.0 Å². The van der Waals surface area contributed by atoms with Gasteiger partial charge in [0, 0.05) is 24.2 Å². The van der Waals surface area contributed by atoms with Crippen molar-refractivity contribution in [1.82, 2.24) is 0 Å². The lowest BCUT2D eigenvalue weighted by Crippen LogP contribution is -2.55. The molecule has 1 aromatic carbocycles. The lowest BCUT2D eigenvalue weighted by molar-refractivity contribution is 0.222. The number of halogens is 1. The summed E-state index contributed by atoms with van der Waals surface area (Å²) in [6, 6.07) is 5.95. The number of nitrogens with two attached hydrogens (primary N) is 1. The Balaban J connectivity index is 1.73. The molecule has 0 bridgehead atoms. The molecule has 0 atom stereocenters. The van der Waals surface area contributed by atoms with Crippen LogP contribution in [0.4, 0.5) is 11.4 Å².